The lowest BCUT2D eigenvalue weighted by atomic mass is 9.94. The molecule has 1 aromatic carbocycles. The molecule has 0 radical (unpaired) electrons. The highest BCUT2D eigenvalue weighted by Crippen LogP contribution is 2.32. The summed E-state index contributed by atoms with van der Waals surface area (Å²) in [4.78, 5) is 21.6. The third-order valence-corrected chi connectivity index (χ3v) is 5.45. The number of nitrogens with zero attached hydrogens (tertiary/aromatic N) is 2. The maximum Gasteiger partial charge on any atom is 0.433 e. The number of ether oxygens (including phenoxy) is 1. The van der Waals surface area contributed by atoms with E-state index in [9.17, 15) is 18.0 Å². The molecular weight excluding hydrogens is 395 g/mol. The minimum atomic E-state index is -4.47. The van der Waals surface area contributed by atoms with E-state index in [0.717, 1.165) is 30.2 Å². The molecule has 0 saturated carbocycles. The number of methoxy groups -OCH3 is 1. The zero-order chi connectivity index (χ0) is 21.3. The van der Waals surface area contributed by atoms with Crippen LogP contribution in [-0.4, -0.2) is 41.0 Å². The maximum absolute atomic E-state index is 12.9. The van der Waals surface area contributed by atoms with Crippen molar-refractivity contribution < 1.29 is 22.7 Å². The van der Waals surface area contributed by atoms with E-state index < -0.39 is 11.9 Å². The number of carbonyl (C=O) groups is 1. The number of nitrogens with one attached hydrogen (secondary N) is 1. The number of piperidine rings is 1. The molecule has 1 unspecified atom stereocenters. The minimum absolute atomic E-state index is 0.0269. The van der Waals surface area contributed by atoms with Gasteiger partial charge in [-0.15, -0.1) is 0 Å². The number of halogens is 3. The van der Waals surface area contributed by atoms with Crippen LogP contribution in [0.15, 0.2) is 42.5 Å². The molecule has 1 amide bonds. The van der Waals surface area contributed by atoms with Crippen molar-refractivity contribution in [3.05, 3.63) is 65.0 Å². The van der Waals surface area contributed by atoms with Gasteiger partial charge >= 0.3 is 6.18 Å². The fourth-order valence-electron chi connectivity index (χ4n) is 3.92. The SMILES string of the molecule is COCc1ccc(C(=O)N2CCCC(c3cc4nc(C(F)(F)F)ccc4[nH]3)C2)cc1. The van der Waals surface area contributed by atoms with Crippen LogP contribution in [0.2, 0.25) is 0 Å². The van der Waals surface area contributed by atoms with Gasteiger partial charge < -0.3 is 14.6 Å². The third-order valence-electron chi connectivity index (χ3n) is 5.45. The number of aromatic amines is 1. The van der Waals surface area contributed by atoms with Crippen LogP contribution in [0.3, 0.4) is 0 Å². The lowest BCUT2D eigenvalue weighted by molar-refractivity contribution is -0.140. The molecule has 0 bridgehead atoms. The van der Waals surface area contributed by atoms with Crippen molar-refractivity contribution in [1.82, 2.24) is 14.9 Å². The number of hydrogen-bond acceptors (Lipinski definition) is 3. The van der Waals surface area contributed by atoms with Crippen molar-refractivity contribution in [3.8, 4) is 0 Å². The fourth-order valence-corrected chi connectivity index (χ4v) is 3.92. The number of hydrogen-bond donors (Lipinski definition) is 1. The number of carbonyl (C=O) groups excluding carboxylic acids is 1. The van der Waals surface area contributed by atoms with Crippen molar-refractivity contribution in [2.75, 3.05) is 20.2 Å². The average Bonchev–Trinajstić information content (AvgIpc) is 3.17. The number of likely N-dealkylation sites (tertiary alicyclic amines) is 1. The first-order valence-corrected chi connectivity index (χ1v) is 9.79. The number of alkyl halides is 3. The van der Waals surface area contributed by atoms with E-state index in [4.69, 9.17) is 4.74 Å². The number of benzene rings is 1. The Morgan fingerprint density at radius 3 is 2.70 bits per heavy atom. The predicted molar refractivity (Wildman–Crippen MR) is 106 cm³/mol. The Balaban J connectivity index is 1.51. The van der Waals surface area contributed by atoms with Gasteiger partial charge in [0, 0.05) is 37.4 Å². The van der Waals surface area contributed by atoms with Crippen LogP contribution in [0.5, 0.6) is 0 Å². The highest BCUT2D eigenvalue weighted by molar-refractivity contribution is 5.94. The normalized spacial score (nSPS) is 17.5. The molecule has 3 heterocycles. The molecule has 0 spiro atoms. The quantitative estimate of drug-likeness (QED) is 0.667. The lowest BCUT2D eigenvalue weighted by Gasteiger charge is -2.32. The largest absolute Gasteiger partial charge is 0.433 e. The molecule has 1 fully saturated rings. The van der Waals surface area contributed by atoms with Crippen LogP contribution >= 0.6 is 0 Å². The highest BCUT2D eigenvalue weighted by atomic mass is 19.4. The Hall–Kier alpha value is -2.87. The Kier molecular flexibility index (Phi) is 5.51. The van der Waals surface area contributed by atoms with E-state index in [1.165, 1.54) is 6.07 Å². The van der Waals surface area contributed by atoms with Crippen LogP contribution in [0.4, 0.5) is 13.2 Å². The summed E-state index contributed by atoms with van der Waals surface area (Å²) in [5, 5.41) is 0. The van der Waals surface area contributed by atoms with E-state index in [2.05, 4.69) is 9.97 Å². The Morgan fingerprint density at radius 2 is 2.00 bits per heavy atom. The first-order valence-electron chi connectivity index (χ1n) is 9.79. The van der Waals surface area contributed by atoms with Crippen molar-refractivity contribution in [1.29, 1.82) is 0 Å². The van der Waals surface area contributed by atoms with Crippen LogP contribution in [0.25, 0.3) is 11.0 Å². The van der Waals surface area contributed by atoms with Gasteiger partial charge in [-0.05, 0) is 48.7 Å². The number of amides is 1. The molecule has 4 rings (SSSR count). The Bertz CT molecular complexity index is 1040. The van der Waals surface area contributed by atoms with E-state index in [-0.39, 0.29) is 17.3 Å². The molecular formula is C22H22F3N3O2. The van der Waals surface area contributed by atoms with E-state index >= 15 is 0 Å². The molecule has 5 nitrogen and oxygen atoms in total. The van der Waals surface area contributed by atoms with Crippen molar-refractivity contribution >= 4 is 16.9 Å². The second kappa shape index (κ2) is 8.10. The van der Waals surface area contributed by atoms with Gasteiger partial charge in [0.25, 0.3) is 5.91 Å². The summed E-state index contributed by atoms with van der Waals surface area (Å²) in [6.45, 7) is 1.66. The lowest BCUT2D eigenvalue weighted by Crippen LogP contribution is -2.39. The van der Waals surface area contributed by atoms with E-state index in [1.807, 2.05) is 12.1 Å². The molecule has 1 aliphatic heterocycles. The summed E-state index contributed by atoms with van der Waals surface area (Å²) < 4.78 is 43.9. The van der Waals surface area contributed by atoms with Gasteiger partial charge in [-0.1, -0.05) is 12.1 Å². The van der Waals surface area contributed by atoms with Crippen LogP contribution in [0, 0.1) is 0 Å². The number of rotatable bonds is 4. The zero-order valence-electron chi connectivity index (χ0n) is 16.5. The molecule has 1 atom stereocenters. The molecule has 1 N–H and O–H groups in total. The first-order chi connectivity index (χ1) is 14.3. The molecule has 8 heteroatoms. The van der Waals surface area contributed by atoms with Gasteiger partial charge in [0.05, 0.1) is 17.6 Å². The topological polar surface area (TPSA) is 58.2 Å². The number of fused-ring (bicyclic) bond motifs is 1. The molecule has 0 aliphatic carbocycles. The summed E-state index contributed by atoms with van der Waals surface area (Å²) in [6.07, 6.45) is -2.79. The van der Waals surface area contributed by atoms with Gasteiger partial charge in [-0.2, -0.15) is 13.2 Å². The standard InChI is InChI=1S/C22H22F3N3O2/c1-30-13-14-4-6-15(7-5-14)21(29)28-10-2-3-16(12-28)18-11-19-17(26-18)8-9-20(27-19)22(23,24)25/h4-9,11,16,26H,2-3,10,12-13H2,1H3. The van der Waals surface area contributed by atoms with Gasteiger partial charge in [-0.3, -0.25) is 4.79 Å². The van der Waals surface area contributed by atoms with Crippen molar-refractivity contribution in [2.45, 2.75) is 31.5 Å². The smallest absolute Gasteiger partial charge is 0.380 e. The molecule has 3 aromatic rings. The first kappa shape index (κ1) is 20.4. The monoisotopic (exact) mass is 417 g/mol. The molecule has 1 saturated heterocycles. The number of H-pyrrole nitrogens is 1. The summed E-state index contributed by atoms with van der Waals surface area (Å²) in [5.41, 5.74) is 2.37. The summed E-state index contributed by atoms with van der Waals surface area (Å²) >= 11 is 0. The summed E-state index contributed by atoms with van der Waals surface area (Å²) in [5.74, 6) is -0.0174. The highest BCUT2D eigenvalue weighted by Gasteiger charge is 2.33. The van der Waals surface area contributed by atoms with Gasteiger partial charge in [0.1, 0.15) is 5.69 Å². The van der Waals surface area contributed by atoms with Crippen LogP contribution in [-0.2, 0) is 17.5 Å². The molecule has 2 aromatic heterocycles. The summed E-state index contributed by atoms with van der Waals surface area (Å²) in [6, 6.07) is 11.4. The fraction of sp³-hybridized carbons (Fsp3) is 0.364. The molecule has 30 heavy (non-hydrogen) atoms. The second-order valence-electron chi connectivity index (χ2n) is 7.57. The van der Waals surface area contributed by atoms with Crippen molar-refractivity contribution in [2.24, 2.45) is 0 Å². The minimum Gasteiger partial charge on any atom is -0.380 e. The third kappa shape index (κ3) is 4.18. The average molecular weight is 417 g/mol. The Labute approximate surface area is 171 Å². The van der Waals surface area contributed by atoms with E-state index in [0.29, 0.717) is 30.8 Å². The maximum atomic E-state index is 12.9. The van der Waals surface area contributed by atoms with Crippen LogP contribution < -0.4 is 0 Å². The van der Waals surface area contributed by atoms with E-state index in [1.54, 1.807) is 30.2 Å². The molecule has 158 valence electrons. The zero-order valence-corrected chi connectivity index (χ0v) is 16.5. The molecule has 1 aliphatic rings. The number of pyridine rings is 1. The van der Waals surface area contributed by atoms with Crippen molar-refractivity contribution in [3.63, 3.8) is 0 Å². The van der Waals surface area contributed by atoms with Gasteiger partial charge in [-0.25, -0.2) is 4.98 Å². The second-order valence-corrected chi connectivity index (χ2v) is 7.57. The van der Waals surface area contributed by atoms with Gasteiger partial charge in [0.15, 0.2) is 0 Å². The summed E-state index contributed by atoms with van der Waals surface area (Å²) in [7, 11) is 1.62. The Morgan fingerprint density at radius 1 is 1.23 bits per heavy atom. The number of aromatic nitrogens is 2. The van der Waals surface area contributed by atoms with Gasteiger partial charge in [0.2, 0.25) is 0 Å². The van der Waals surface area contributed by atoms with Crippen LogP contribution in [0.1, 0.15) is 46.1 Å². The predicted octanol–water partition coefficient (Wildman–Crippen LogP) is 4.75.